The van der Waals surface area contributed by atoms with Gasteiger partial charge in [0.15, 0.2) is 11.5 Å². The van der Waals surface area contributed by atoms with Crippen LogP contribution in [0.15, 0.2) is 36.4 Å². The molecule has 172 valence electrons. The predicted molar refractivity (Wildman–Crippen MR) is 124 cm³/mol. The highest BCUT2D eigenvalue weighted by molar-refractivity contribution is 7.92. The van der Waals surface area contributed by atoms with E-state index in [2.05, 4.69) is 23.5 Å². The average Bonchev–Trinajstić information content (AvgIpc) is 3.23. The molecular formula is C24H30N2O5S. The Morgan fingerprint density at radius 2 is 1.81 bits per heavy atom. The number of rotatable bonds is 8. The number of aryl methyl sites for hydroxylation is 2. The third kappa shape index (κ3) is 5.18. The Morgan fingerprint density at radius 1 is 1.06 bits per heavy atom. The number of nitrogens with one attached hydrogen (secondary N) is 1. The van der Waals surface area contributed by atoms with Gasteiger partial charge in [0, 0.05) is 19.0 Å². The predicted octanol–water partition coefficient (Wildman–Crippen LogP) is 3.37. The highest BCUT2D eigenvalue weighted by Crippen LogP contribution is 2.34. The lowest BCUT2D eigenvalue weighted by Gasteiger charge is -2.25. The van der Waals surface area contributed by atoms with Crippen LogP contribution in [0.1, 0.15) is 48.9 Å². The minimum atomic E-state index is -3.51. The van der Waals surface area contributed by atoms with Crippen molar-refractivity contribution < 1.29 is 22.7 Å². The van der Waals surface area contributed by atoms with Crippen LogP contribution in [0.5, 0.6) is 11.5 Å². The summed E-state index contributed by atoms with van der Waals surface area (Å²) in [5, 5.41) is 3.04. The van der Waals surface area contributed by atoms with Gasteiger partial charge in [-0.15, -0.1) is 0 Å². The largest absolute Gasteiger partial charge is 0.486 e. The van der Waals surface area contributed by atoms with E-state index in [1.165, 1.54) is 28.1 Å². The fourth-order valence-electron chi connectivity index (χ4n) is 4.31. The fraction of sp³-hybridized carbons (Fsp3) is 0.458. The molecule has 0 fully saturated rings. The molecule has 2 aliphatic rings. The molecule has 2 aromatic carbocycles. The molecule has 0 spiro atoms. The highest BCUT2D eigenvalue weighted by Gasteiger charge is 2.21. The van der Waals surface area contributed by atoms with Crippen molar-refractivity contribution >= 4 is 21.6 Å². The van der Waals surface area contributed by atoms with Gasteiger partial charge in [0.05, 0.1) is 18.0 Å². The molecule has 2 aromatic rings. The maximum Gasteiger partial charge on any atom is 0.232 e. The molecule has 7 nitrogen and oxygen atoms in total. The van der Waals surface area contributed by atoms with E-state index in [4.69, 9.17) is 9.47 Å². The summed E-state index contributed by atoms with van der Waals surface area (Å²) < 4.78 is 37.2. The highest BCUT2D eigenvalue weighted by atomic mass is 32.2. The quantitative estimate of drug-likeness (QED) is 0.656. The van der Waals surface area contributed by atoms with Crippen molar-refractivity contribution in [2.24, 2.45) is 0 Å². The topological polar surface area (TPSA) is 84.9 Å². The van der Waals surface area contributed by atoms with Crippen LogP contribution in [0.25, 0.3) is 0 Å². The van der Waals surface area contributed by atoms with Gasteiger partial charge in [0.25, 0.3) is 0 Å². The summed E-state index contributed by atoms with van der Waals surface area (Å²) in [5.41, 5.74) is 4.40. The minimum absolute atomic E-state index is 0.0859. The molecule has 0 aromatic heterocycles. The molecule has 1 amide bonds. The number of ether oxygens (including phenoxy) is 2. The van der Waals surface area contributed by atoms with Crippen molar-refractivity contribution in [2.75, 3.05) is 30.3 Å². The second kappa shape index (κ2) is 9.40. The van der Waals surface area contributed by atoms with Crippen LogP contribution in [0.2, 0.25) is 0 Å². The molecule has 1 aliphatic carbocycles. The number of hydrogen-bond donors (Lipinski definition) is 1. The van der Waals surface area contributed by atoms with E-state index in [1.807, 2.05) is 6.92 Å². The third-order valence-electron chi connectivity index (χ3n) is 5.98. The summed E-state index contributed by atoms with van der Waals surface area (Å²) in [4.78, 5) is 12.5. The zero-order valence-corrected chi connectivity index (χ0v) is 19.4. The van der Waals surface area contributed by atoms with Gasteiger partial charge in [0.1, 0.15) is 13.2 Å². The summed E-state index contributed by atoms with van der Waals surface area (Å²) in [6.45, 7) is 3.09. The van der Waals surface area contributed by atoms with Gasteiger partial charge in [-0.05, 0) is 61.4 Å². The second-order valence-electron chi connectivity index (χ2n) is 8.44. The van der Waals surface area contributed by atoms with Gasteiger partial charge in [-0.2, -0.15) is 0 Å². The first-order valence-electron chi connectivity index (χ1n) is 11.1. The Bertz CT molecular complexity index is 1100. The molecule has 1 aliphatic heterocycles. The minimum Gasteiger partial charge on any atom is -0.486 e. The maximum absolute atomic E-state index is 12.5. The van der Waals surface area contributed by atoms with Crippen LogP contribution in [0.3, 0.4) is 0 Å². The number of fused-ring (bicyclic) bond motifs is 2. The lowest BCUT2D eigenvalue weighted by Crippen LogP contribution is -2.32. The number of carbonyl (C=O) groups is 1. The van der Waals surface area contributed by atoms with E-state index < -0.39 is 10.0 Å². The Labute approximate surface area is 189 Å². The van der Waals surface area contributed by atoms with E-state index >= 15 is 0 Å². The van der Waals surface area contributed by atoms with Crippen molar-refractivity contribution in [1.29, 1.82) is 0 Å². The number of nitrogens with zero attached hydrogens (tertiary/aromatic N) is 1. The number of hydrogen-bond acceptors (Lipinski definition) is 5. The van der Waals surface area contributed by atoms with Crippen LogP contribution >= 0.6 is 0 Å². The van der Waals surface area contributed by atoms with Crippen molar-refractivity contribution in [3.63, 3.8) is 0 Å². The standard InChI is InChI=1S/C24H30N2O5S/c1-17(19-9-8-18-5-3-6-20(18)15-19)25-24(27)7-4-12-26(32(2,28)29)21-10-11-22-23(16-21)31-14-13-30-22/h8-11,15-17H,3-7,12-14H2,1-2H3,(H,25,27)/t17-/m0/s1. The molecule has 32 heavy (non-hydrogen) atoms. The summed E-state index contributed by atoms with van der Waals surface area (Å²) in [7, 11) is -3.51. The number of anilines is 1. The maximum atomic E-state index is 12.5. The molecule has 4 rings (SSSR count). The Morgan fingerprint density at radius 3 is 2.59 bits per heavy atom. The van der Waals surface area contributed by atoms with Gasteiger partial charge in [-0.25, -0.2) is 8.42 Å². The van der Waals surface area contributed by atoms with Crippen molar-refractivity contribution in [2.45, 2.75) is 45.1 Å². The van der Waals surface area contributed by atoms with Crippen LogP contribution in [-0.2, 0) is 27.7 Å². The lowest BCUT2D eigenvalue weighted by molar-refractivity contribution is -0.121. The molecule has 8 heteroatoms. The Balaban J connectivity index is 1.34. The summed E-state index contributed by atoms with van der Waals surface area (Å²) in [6, 6.07) is 11.4. The third-order valence-corrected chi connectivity index (χ3v) is 7.17. The first-order valence-corrected chi connectivity index (χ1v) is 12.9. The van der Waals surface area contributed by atoms with Crippen LogP contribution in [0, 0.1) is 0 Å². The van der Waals surface area contributed by atoms with E-state index in [-0.39, 0.29) is 24.9 Å². The normalized spacial score (nSPS) is 15.7. The monoisotopic (exact) mass is 458 g/mol. The number of amides is 1. The van der Waals surface area contributed by atoms with Crippen molar-refractivity contribution in [1.82, 2.24) is 5.32 Å². The van der Waals surface area contributed by atoms with Crippen LogP contribution in [0.4, 0.5) is 5.69 Å². The van der Waals surface area contributed by atoms with E-state index in [0.29, 0.717) is 36.8 Å². The Hall–Kier alpha value is -2.74. The molecule has 1 atom stereocenters. The molecule has 0 saturated carbocycles. The van der Waals surface area contributed by atoms with Gasteiger partial charge in [-0.1, -0.05) is 18.2 Å². The summed E-state index contributed by atoms with van der Waals surface area (Å²) in [5.74, 6) is 1.05. The molecule has 0 unspecified atom stereocenters. The average molecular weight is 459 g/mol. The van der Waals surface area contributed by atoms with Gasteiger partial charge in [0.2, 0.25) is 15.9 Å². The number of sulfonamides is 1. The first kappa shape index (κ1) is 22.5. The zero-order chi connectivity index (χ0) is 22.7. The van der Waals surface area contributed by atoms with E-state index in [0.717, 1.165) is 18.4 Å². The lowest BCUT2D eigenvalue weighted by atomic mass is 10.0. The SMILES string of the molecule is C[C@H](NC(=O)CCCN(c1ccc2c(c1)OCCO2)S(C)(=O)=O)c1ccc2c(c1)CCC2. The number of carbonyl (C=O) groups excluding carboxylic acids is 1. The zero-order valence-electron chi connectivity index (χ0n) is 18.6. The molecule has 0 bridgehead atoms. The van der Waals surface area contributed by atoms with E-state index in [1.54, 1.807) is 18.2 Å². The smallest absolute Gasteiger partial charge is 0.232 e. The molecule has 0 saturated heterocycles. The fourth-order valence-corrected chi connectivity index (χ4v) is 5.27. The van der Waals surface area contributed by atoms with Crippen molar-refractivity contribution in [3.05, 3.63) is 53.1 Å². The van der Waals surface area contributed by atoms with Gasteiger partial charge in [-0.3, -0.25) is 9.10 Å². The molecule has 1 heterocycles. The van der Waals surface area contributed by atoms with Gasteiger partial charge < -0.3 is 14.8 Å². The van der Waals surface area contributed by atoms with E-state index in [9.17, 15) is 13.2 Å². The van der Waals surface area contributed by atoms with Gasteiger partial charge >= 0.3 is 0 Å². The first-order chi connectivity index (χ1) is 15.3. The molecular weight excluding hydrogens is 428 g/mol. The Kier molecular flexibility index (Phi) is 6.60. The molecule has 0 radical (unpaired) electrons. The van der Waals surface area contributed by atoms with Crippen LogP contribution in [-0.4, -0.2) is 40.3 Å². The molecule has 1 N–H and O–H groups in total. The number of benzene rings is 2. The second-order valence-corrected chi connectivity index (χ2v) is 10.3. The summed E-state index contributed by atoms with van der Waals surface area (Å²) in [6.07, 6.45) is 5.25. The summed E-state index contributed by atoms with van der Waals surface area (Å²) >= 11 is 0. The van der Waals surface area contributed by atoms with Crippen LogP contribution < -0.4 is 19.1 Å². The van der Waals surface area contributed by atoms with Crippen molar-refractivity contribution in [3.8, 4) is 11.5 Å².